The van der Waals surface area contributed by atoms with E-state index in [1.165, 1.54) is 22.3 Å². The Bertz CT molecular complexity index is 603. The van der Waals surface area contributed by atoms with Crippen LogP contribution in [0.15, 0.2) is 18.2 Å². The van der Waals surface area contributed by atoms with Crippen molar-refractivity contribution >= 4 is 0 Å². The van der Waals surface area contributed by atoms with Crippen LogP contribution in [0, 0.1) is 27.7 Å². The molecule has 1 aromatic heterocycles. The van der Waals surface area contributed by atoms with Crippen molar-refractivity contribution in [1.82, 2.24) is 9.97 Å². The van der Waals surface area contributed by atoms with Crippen molar-refractivity contribution in [2.45, 2.75) is 34.1 Å². The van der Waals surface area contributed by atoms with Gasteiger partial charge in [0.05, 0.1) is 5.69 Å². The van der Waals surface area contributed by atoms with E-state index in [2.05, 4.69) is 42.9 Å². The molecule has 1 aromatic carbocycles. The summed E-state index contributed by atoms with van der Waals surface area (Å²) in [5.41, 5.74) is 12.6. The number of benzene rings is 1. The highest BCUT2D eigenvalue weighted by molar-refractivity contribution is 5.65. The summed E-state index contributed by atoms with van der Waals surface area (Å²) in [5.74, 6) is 0.829. The van der Waals surface area contributed by atoms with Crippen LogP contribution in [0.1, 0.15) is 28.2 Å². The number of nitrogens with two attached hydrogens (primary N) is 1. The summed E-state index contributed by atoms with van der Waals surface area (Å²) in [6.45, 7) is 8.97. The van der Waals surface area contributed by atoms with Crippen LogP contribution < -0.4 is 5.73 Å². The maximum absolute atomic E-state index is 5.59. The van der Waals surface area contributed by atoms with Crippen molar-refractivity contribution in [1.29, 1.82) is 0 Å². The molecule has 0 aliphatic carbocycles. The summed E-state index contributed by atoms with van der Waals surface area (Å²) in [7, 11) is 0. The smallest absolute Gasteiger partial charge is 0.130 e. The molecule has 0 bridgehead atoms. The Morgan fingerprint density at radius 3 is 2.26 bits per heavy atom. The highest BCUT2D eigenvalue weighted by Crippen LogP contribution is 2.25. The number of aromatic nitrogens is 2. The van der Waals surface area contributed by atoms with Gasteiger partial charge in [-0.05, 0) is 63.1 Å². The molecule has 0 aliphatic rings. The van der Waals surface area contributed by atoms with E-state index in [4.69, 9.17) is 5.73 Å². The maximum atomic E-state index is 5.59. The number of hydrogen-bond donors (Lipinski definition) is 1. The molecular formula is C16H21N3. The van der Waals surface area contributed by atoms with Gasteiger partial charge >= 0.3 is 0 Å². The standard InChI is InChI=1S/C16H21N3/c1-10-7-12(3)14(8-11(10)2)15-9-13(4)18-16(19-15)5-6-17/h7-9H,5-6,17H2,1-4H3. The number of rotatable bonds is 3. The molecule has 0 saturated heterocycles. The Morgan fingerprint density at radius 2 is 1.58 bits per heavy atom. The largest absolute Gasteiger partial charge is 0.330 e. The van der Waals surface area contributed by atoms with Gasteiger partial charge in [0, 0.05) is 17.7 Å². The summed E-state index contributed by atoms with van der Waals surface area (Å²) in [5, 5.41) is 0. The first-order valence-electron chi connectivity index (χ1n) is 6.64. The normalized spacial score (nSPS) is 10.8. The Hall–Kier alpha value is -1.74. The SMILES string of the molecule is Cc1cc(-c2cc(C)c(C)cc2C)nc(CCN)n1. The van der Waals surface area contributed by atoms with Crippen LogP contribution in [0.4, 0.5) is 0 Å². The van der Waals surface area contributed by atoms with Gasteiger partial charge in [0.25, 0.3) is 0 Å². The molecule has 3 nitrogen and oxygen atoms in total. The lowest BCUT2D eigenvalue weighted by molar-refractivity contribution is 0.857. The first kappa shape index (κ1) is 13.7. The van der Waals surface area contributed by atoms with Gasteiger partial charge in [-0.3, -0.25) is 0 Å². The summed E-state index contributed by atoms with van der Waals surface area (Å²) in [4.78, 5) is 9.06. The van der Waals surface area contributed by atoms with Gasteiger partial charge in [0.2, 0.25) is 0 Å². The van der Waals surface area contributed by atoms with E-state index in [0.29, 0.717) is 6.54 Å². The molecular weight excluding hydrogens is 234 g/mol. The third kappa shape index (κ3) is 2.99. The summed E-state index contributed by atoms with van der Waals surface area (Å²) in [6.07, 6.45) is 0.721. The molecule has 2 N–H and O–H groups in total. The zero-order valence-electron chi connectivity index (χ0n) is 12.1. The molecule has 2 rings (SSSR count). The van der Waals surface area contributed by atoms with E-state index in [-0.39, 0.29) is 0 Å². The number of hydrogen-bond acceptors (Lipinski definition) is 3. The van der Waals surface area contributed by atoms with Gasteiger partial charge in [-0.2, -0.15) is 0 Å². The zero-order valence-corrected chi connectivity index (χ0v) is 12.1. The Labute approximate surface area is 114 Å². The Kier molecular flexibility index (Phi) is 3.96. The zero-order chi connectivity index (χ0) is 14.0. The minimum Gasteiger partial charge on any atom is -0.330 e. The molecule has 2 aromatic rings. The first-order chi connectivity index (χ1) is 9.01. The van der Waals surface area contributed by atoms with Crippen molar-refractivity contribution in [3.8, 4) is 11.3 Å². The predicted octanol–water partition coefficient (Wildman–Crippen LogP) is 2.88. The van der Waals surface area contributed by atoms with Crippen LogP contribution in [0.3, 0.4) is 0 Å². The first-order valence-corrected chi connectivity index (χ1v) is 6.64. The van der Waals surface area contributed by atoms with Gasteiger partial charge in [-0.25, -0.2) is 9.97 Å². The third-order valence-corrected chi connectivity index (χ3v) is 3.39. The molecule has 0 spiro atoms. The van der Waals surface area contributed by atoms with Crippen molar-refractivity contribution in [2.24, 2.45) is 5.73 Å². The molecule has 0 radical (unpaired) electrons. The Balaban J connectivity index is 2.55. The molecule has 19 heavy (non-hydrogen) atoms. The fourth-order valence-corrected chi connectivity index (χ4v) is 2.25. The molecule has 3 heteroatoms. The average molecular weight is 255 g/mol. The molecule has 0 fully saturated rings. The van der Waals surface area contributed by atoms with Gasteiger partial charge in [0.1, 0.15) is 5.82 Å². The third-order valence-electron chi connectivity index (χ3n) is 3.39. The quantitative estimate of drug-likeness (QED) is 0.917. The number of nitrogens with zero attached hydrogens (tertiary/aromatic N) is 2. The minimum atomic E-state index is 0.578. The average Bonchev–Trinajstić information content (AvgIpc) is 2.33. The van der Waals surface area contributed by atoms with E-state index in [1.54, 1.807) is 0 Å². The van der Waals surface area contributed by atoms with E-state index in [1.807, 2.05) is 13.0 Å². The lowest BCUT2D eigenvalue weighted by atomic mass is 9.98. The molecule has 1 heterocycles. The molecule has 0 aliphatic heterocycles. The molecule has 0 atom stereocenters. The van der Waals surface area contributed by atoms with E-state index in [0.717, 1.165) is 23.6 Å². The Morgan fingerprint density at radius 1 is 0.895 bits per heavy atom. The van der Waals surface area contributed by atoms with Crippen LogP contribution in [-0.4, -0.2) is 16.5 Å². The van der Waals surface area contributed by atoms with Crippen LogP contribution in [0.5, 0.6) is 0 Å². The topological polar surface area (TPSA) is 51.8 Å². The summed E-state index contributed by atoms with van der Waals surface area (Å²) >= 11 is 0. The van der Waals surface area contributed by atoms with Gasteiger partial charge in [-0.1, -0.05) is 6.07 Å². The van der Waals surface area contributed by atoms with E-state index < -0.39 is 0 Å². The van der Waals surface area contributed by atoms with Crippen molar-refractivity contribution in [3.63, 3.8) is 0 Å². The predicted molar refractivity (Wildman–Crippen MR) is 79.2 cm³/mol. The highest BCUT2D eigenvalue weighted by atomic mass is 14.9. The van der Waals surface area contributed by atoms with Crippen molar-refractivity contribution in [3.05, 3.63) is 46.4 Å². The van der Waals surface area contributed by atoms with Crippen molar-refractivity contribution in [2.75, 3.05) is 6.54 Å². The van der Waals surface area contributed by atoms with Crippen LogP contribution >= 0.6 is 0 Å². The summed E-state index contributed by atoms with van der Waals surface area (Å²) in [6, 6.07) is 6.46. The second kappa shape index (κ2) is 5.49. The fourth-order valence-electron chi connectivity index (χ4n) is 2.25. The second-order valence-electron chi connectivity index (χ2n) is 5.10. The van der Waals surface area contributed by atoms with Crippen molar-refractivity contribution < 1.29 is 0 Å². The lowest BCUT2D eigenvalue weighted by Crippen LogP contribution is -2.08. The molecule has 0 amide bonds. The van der Waals surface area contributed by atoms with Crippen LogP contribution in [0.25, 0.3) is 11.3 Å². The molecule has 0 unspecified atom stereocenters. The number of aryl methyl sites for hydroxylation is 4. The van der Waals surface area contributed by atoms with E-state index >= 15 is 0 Å². The fraction of sp³-hybridized carbons (Fsp3) is 0.375. The maximum Gasteiger partial charge on any atom is 0.130 e. The highest BCUT2D eigenvalue weighted by Gasteiger charge is 2.08. The van der Waals surface area contributed by atoms with Crippen LogP contribution in [0.2, 0.25) is 0 Å². The summed E-state index contributed by atoms with van der Waals surface area (Å²) < 4.78 is 0. The molecule has 100 valence electrons. The molecule has 0 saturated carbocycles. The van der Waals surface area contributed by atoms with Gasteiger partial charge in [-0.15, -0.1) is 0 Å². The monoisotopic (exact) mass is 255 g/mol. The van der Waals surface area contributed by atoms with Gasteiger partial charge in [0.15, 0.2) is 0 Å². The second-order valence-corrected chi connectivity index (χ2v) is 5.10. The minimum absolute atomic E-state index is 0.578. The van der Waals surface area contributed by atoms with Gasteiger partial charge < -0.3 is 5.73 Å². The van der Waals surface area contributed by atoms with E-state index in [9.17, 15) is 0 Å². The lowest BCUT2D eigenvalue weighted by Gasteiger charge is -2.11. The van der Waals surface area contributed by atoms with Crippen LogP contribution in [-0.2, 0) is 6.42 Å².